The summed E-state index contributed by atoms with van der Waals surface area (Å²) < 4.78 is 7.76. The van der Waals surface area contributed by atoms with Gasteiger partial charge in [0.25, 0.3) is 0 Å². The molecular weight excluding hydrogens is 388 g/mol. The highest BCUT2D eigenvalue weighted by atomic mass is 16.5. The van der Waals surface area contributed by atoms with E-state index >= 15 is 0 Å². The first-order valence-electron chi connectivity index (χ1n) is 10.7. The number of anilines is 1. The quantitative estimate of drug-likeness (QED) is 0.543. The summed E-state index contributed by atoms with van der Waals surface area (Å²) in [5.41, 5.74) is 10.7. The van der Waals surface area contributed by atoms with Crippen molar-refractivity contribution in [1.29, 1.82) is 0 Å². The van der Waals surface area contributed by atoms with Crippen molar-refractivity contribution in [1.82, 2.24) is 9.55 Å². The molecule has 0 aliphatic carbocycles. The molecule has 4 aromatic rings. The van der Waals surface area contributed by atoms with Crippen LogP contribution in [0.5, 0.6) is 0 Å². The number of carbonyl (C=O) groups is 1. The largest absolute Gasteiger partial charge is 0.378 e. The van der Waals surface area contributed by atoms with Gasteiger partial charge in [0, 0.05) is 25.3 Å². The molecule has 0 bridgehead atoms. The zero-order valence-corrected chi connectivity index (χ0v) is 17.7. The lowest BCUT2D eigenvalue weighted by Crippen LogP contribution is -2.36. The number of amides is 1. The van der Waals surface area contributed by atoms with Crippen LogP contribution in [0.1, 0.15) is 17.0 Å². The number of fused-ring (bicyclic) bond motifs is 2. The number of imidazole rings is 1. The van der Waals surface area contributed by atoms with Crippen LogP contribution in [0.25, 0.3) is 21.8 Å². The van der Waals surface area contributed by atoms with Gasteiger partial charge in [0.1, 0.15) is 5.82 Å². The van der Waals surface area contributed by atoms with Gasteiger partial charge in [0.05, 0.1) is 30.7 Å². The normalized spacial score (nSPS) is 14.4. The average molecular weight is 415 g/mol. The Kier molecular flexibility index (Phi) is 5.08. The Bertz CT molecular complexity index is 1270. The highest BCUT2D eigenvalue weighted by molar-refractivity contribution is 5.90. The Labute approximate surface area is 181 Å². The van der Waals surface area contributed by atoms with Crippen molar-refractivity contribution in [2.75, 3.05) is 31.2 Å². The van der Waals surface area contributed by atoms with Gasteiger partial charge in [-0.05, 0) is 41.0 Å². The second-order valence-corrected chi connectivity index (χ2v) is 8.10. The van der Waals surface area contributed by atoms with Crippen molar-refractivity contribution in [2.24, 2.45) is 5.73 Å². The minimum Gasteiger partial charge on any atom is -0.378 e. The summed E-state index contributed by atoms with van der Waals surface area (Å²) in [6, 6.07) is 19.1. The summed E-state index contributed by atoms with van der Waals surface area (Å²) in [6.07, 6.45) is 0.180. The maximum atomic E-state index is 11.8. The monoisotopic (exact) mass is 414 g/mol. The first-order valence-corrected chi connectivity index (χ1v) is 10.7. The number of rotatable bonds is 5. The highest BCUT2D eigenvalue weighted by Gasteiger charge is 2.19. The predicted octanol–water partition coefficient (Wildman–Crippen LogP) is 3.41. The van der Waals surface area contributed by atoms with Crippen LogP contribution in [0.4, 0.5) is 5.69 Å². The molecule has 3 aromatic carbocycles. The van der Waals surface area contributed by atoms with E-state index in [4.69, 9.17) is 15.5 Å². The van der Waals surface area contributed by atoms with Crippen molar-refractivity contribution < 1.29 is 9.53 Å². The van der Waals surface area contributed by atoms with Gasteiger partial charge in [-0.2, -0.15) is 0 Å². The van der Waals surface area contributed by atoms with Crippen molar-refractivity contribution in [3.63, 3.8) is 0 Å². The number of aromatic nitrogens is 2. The first kappa shape index (κ1) is 19.6. The molecule has 1 saturated heterocycles. The second-order valence-electron chi connectivity index (χ2n) is 8.10. The van der Waals surface area contributed by atoms with Crippen LogP contribution < -0.4 is 10.6 Å². The molecule has 1 aromatic heterocycles. The molecule has 1 amide bonds. The van der Waals surface area contributed by atoms with Crippen LogP contribution in [0.2, 0.25) is 0 Å². The summed E-state index contributed by atoms with van der Waals surface area (Å²) in [7, 11) is 0. The van der Waals surface area contributed by atoms with E-state index in [0.29, 0.717) is 19.8 Å². The van der Waals surface area contributed by atoms with Crippen LogP contribution >= 0.6 is 0 Å². The third-order valence-corrected chi connectivity index (χ3v) is 6.06. The first-order chi connectivity index (χ1) is 15.1. The Hall–Kier alpha value is -3.38. The van der Waals surface area contributed by atoms with Gasteiger partial charge in [-0.1, -0.05) is 42.5 Å². The molecule has 1 aliphatic heterocycles. The van der Waals surface area contributed by atoms with Gasteiger partial charge >= 0.3 is 0 Å². The maximum absolute atomic E-state index is 11.8. The molecule has 1 aliphatic rings. The number of nitrogens with two attached hydrogens (primary N) is 1. The molecule has 5 rings (SSSR count). The fourth-order valence-corrected chi connectivity index (χ4v) is 4.52. The highest BCUT2D eigenvalue weighted by Crippen LogP contribution is 2.30. The molecule has 2 heterocycles. The van der Waals surface area contributed by atoms with Crippen LogP contribution in [-0.4, -0.2) is 41.8 Å². The molecule has 0 saturated carbocycles. The molecule has 2 N–H and O–H groups in total. The Morgan fingerprint density at radius 3 is 2.65 bits per heavy atom. The van der Waals surface area contributed by atoms with E-state index in [1.54, 1.807) is 0 Å². The number of carbonyl (C=O) groups excluding carboxylic acids is 1. The summed E-state index contributed by atoms with van der Waals surface area (Å²) in [4.78, 5) is 18.9. The fraction of sp³-hybridized carbons (Fsp3) is 0.280. The summed E-state index contributed by atoms with van der Waals surface area (Å²) in [6.45, 7) is 5.81. The predicted molar refractivity (Wildman–Crippen MR) is 123 cm³/mol. The number of hydrogen-bond acceptors (Lipinski definition) is 4. The topological polar surface area (TPSA) is 73.4 Å². The molecule has 0 atom stereocenters. The Balaban J connectivity index is 1.65. The van der Waals surface area contributed by atoms with Crippen LogP contribution in [0.3, 0.4) is 0 Å². The molecule has 6 heteroatoms. The minimum atomic E-state index is -0.346. The smallest absolute Gasteiger partial charge is 0.221 e. The van der Waals surface area contributed by atoms with Gasteiger partial charge < -0.3 is 19.9 Å². The maximum Gasteiger partial charge on any atom is 0.221 e. The van der Waals surface area contributed by atoms with Gasteiger partial charge in [-0.25, -0.2) is 4.98 Å². The zero-order valence-electron chi connectivity index (χ0n) is 17.7. The van der Waals surface area contributed by atoms with Crippen molar-refractivity contribution >= 4 is 33.4 Å². The van der Waals surface area contributed by atoms with Crippen LogP contribution in [0, 0.1) is 6.92 Å². The van der Waals surface area contributed by atoms with E-state index in [2.05, 4.69) is 64.1 Å². The van der Waals surface area contributed by atoms with Crippen molar-refractivity contribution in [2.45, 2.75) is 19.9 Å². The number of nitrogens with zero attached hydrogens (tertiary/aromatic N) is 3. The number of morpholine rings is 1. The average Bonchev–Trinajstić information content (AvgIpc) is 3.10. The van der Waals surface area contributed by atoms with Crippen molar-refractivity contribution in [3.05, 3.63) is 71.5 Å². The molecule has 158 valence electrons. The Morgan fingerprint density at radius 2 is 1.84 bits per heavy atom. The van der Waals surface area contributed by atoms with Crippen LogP contribution in [0.15, 0.2) is 54.6 Å². The fourth-order valence-electron chi connectivity index (χ4n) is 4.52. The summed E-state index contributed by atoms with van der Waals surface area (Å²) in [5.74, 6) is 0.578. The lowest BCUT2D eigenvalue weighted by molar-refractivity contribution is -0.117. The van der Waals surface area contributed by atoms with Crippen molar-refractivity contribution in [3.8, 4) is 0 Å². The summed E-state index contributed by atoms with van der Waals surface area (Å²) >= 11 is 0. The minimum absolute atomic E-state index is 0.180. The number of hydrogen-bond donors (Lipinski definition) is 1. The molecule has 6 nitrogen and oxygen atoms in total. The van der Waals surface area contributed by atoms with E-state index in [0.717, 1.165) is 41.2 Å². The SMILES string of the molecule is Cc1nc2c(CC(N)=O)cc(N3CCOCC3)cc2n1Cc1cccc2ccccc12. The van der Waals surface area contributed by atoms with E-state index in [1.165, 1.54) is 16.3 Å². The number of benzene rings is 3. The molecule has 0 spiro atoms. The Morgan fingerprint density at radius 1 is 1.06 bits per heavy atom. The van der Waals surface area contributed by atoms with Crippen LogP contribution in [-0.2, 0) is 22.5 Å². The zero-order chi connectivity index (χ0) is 21.4. The van der Waals surface area contributed by atoms with E-state index < -0.39 is 0 Å². The van der Waals surface area contributed by atoms with Gasteiger partial charge in [0.2, 0.25) is 5.91 Å². The number of ether oxygens (including phenoxy) is 1. The molecule has 0 unspecified atom stereocenters. The molecular formula is C25H26N4O2. The van der Waals surface area contributed by atoms with Gasteiger partial charge in [-0.3, -0.25) is 4.79 Å². The van der Waals surface area contributed by atoms with E-state index in [-0.39, 0.29) is 12.3 Å². The van der Waals surface area contributed by atoms with Gasteiger partial charge in [0.15, 0.2) is 0 Å². The van der Waals surface area contributed by atoms with E-state index in [1.807, 2.05) is 6.92 Å². The standard InChI is InChI=1S/C25H26N4O2/c1-17-27-25-20(14-24(26)30)13-21(28-9-11-31-12-10-28)15-23(25)29(17)16-19-7-4-6-18-5-2-3-8-22(18)19/h2-8,13,15H,9-12,14,16H2,1H3,(H2,26,30). The van der Waals surface area contributed by atoms with E-state index in [9.17, 15) is 4.79 Å². The molecule has 0 radical (unpaired) electrons. The summed E-state index contributed by atoms with van der Waals surface area (Å²) in [5, 5.41) is 2.47. The lowest BCUT2D eigenvalue weighted by atomic mass is 10.0. The lowest BCUT2D eigenvalue weighted by Gasteiger charge is -2.29. The van der Waals surface area contributed by atoms with Gasteiger partial charge in [-0.15, -0.1) is 0 Å². The number of primary amides is 1. The number of aryl methyl sites for hydroxylation is 1. The molecule has 31 heavy (non-hydrogen) atoms. The molecule has 1 fully saturated rings. The third-order valence-electron chi connectivity index (χ3n) is 6.06. The third kappa shape index (κ3) is 3.75. The second kappa shape index (κ2) is 8.04.